The lowest BCUT2D eigenvalue weighted by molar-refractivity contribution is -0.132. The van der Waals surface area contributed by atoms with Crippen LogP contribution in [0.25, 0.3) is 0 Å². The monoisotopic (exact) mass is 302 g/mol. The third kappa shape index (κ3) is 4.19. The maximum Gasteiger partial charge on any atom is 0.236 e. The highest BCUT2D eigenvalue weighted by atomic mass is 32.2. The zero-order valence-corrected chi connectivity index (χ0v) is 13.2. The molecule has 2 fully saturated rings. The molecule has 2 aliphatic heterocycles. The van der Waals surface area contributed by atoms with Gasteiger partial charge in [-0.3, -0.25) is 9.69 Å². The number of rotatable bonds is 4. The predicted octanol–water partition coefficient (Wildman–Crippen LogP) is 0.898. The number of hydrogen-bond acceptors (Lipinski definition) is 4. The molecule has 0 saturated carbocycles. The molecule has 2 saturated heterocycles. The number of sulfone groups is 1. The van der Waals surface area contributed by atoms with Crippen LogP contribution in [-0.2, 0) is 14.6 Å². The van der Waals surface area contributed by atoms with Crippen molar-refractivity contribution in [2.45, 2.75) is 45.1 Å². The molecular formula is C14H26N2O3S. The van der Waals surface area contributed by atoms with Gasteiger partial charge < -0.3 is 4.90 Å². The number of likely N-dealkylation sites (N-methyl/N-ethyl adjacent to an activating group) is 1. The van der Waals surface area contributed by atoms with Gasteiger partial charge in [0.15, 0.2) is 9.84 Å². The summed E-state index contributed by atoms with van der Waals surface area (Å²) in [5, 5.41) is 0. The van der Waals surface area contributed by atoms with Crippen molar-refractivity contribution in [2.24, 2.45) is 0 Å². The first-order chi connectivity index (χ1) is 9.52. The Hall–Kier alpha value is -0.620. The molecule has 0 aromatic heterocycles. The Balaban J connectivity index is 1.90. The summed E-state index contributed by atoms with van der Waals surface area (Å²) in [6, 6.07) is 0.0286. The van der Waals surface area contributed by atoms with Crippen LogP contribution in [0.15, 0.2) is 0 Å². The lowest BCUT2D eigenvalue weighted by atomic mass is 10.2. The van der Waals surface area contributed by atoms with Gasteiger partial charge in [-0.2, -0.15) is 0 Å². The summed E-state index contributed by atoms with van der Waals surface area (Å²) in [6.45, 7) is 4.83. The van der Waals surface area contributed by atoms with E-state index < -0.39 is 9.84 Å². The van der Waals surface area contributed by atoms with Crippen LogP contribution in [0.4, 0.5) is 0 Å². The van der Waals surface area contributed by atoms with Crippen LogP contribution in [0.2, 0.25) is 0 Å². The molecule has 0 aliphatic carbocycles. The third-order valence-corrected chi connectivity index (χ3v) is 6.18. The van der Waals surface area contributed by atoms with Crippen molar-refractivity contribution in [2.75, 3.05) is 37.7 Å². The maximum atomic E-state index is 12.4. The molecule has 0 N–H and O–H groups in total. The molecule has 0 aromatic rings. The second-order valence-corrected chi connectivity index (χ2v) is 8.14. The largest absolute Gasteiger partial charge is 0.342 e. The first-order valence-corrected chi connectivity index (χ1v) is 9.56. The Morgan fingerprint density at radius 3 is 2.35 bits per heavy atom. The molecule has 0 aromatic carbocycles. The number of carbonyl (C=O) groups is 1. The standard InChI is InChI=1S/C14H26N2O3S/c1-2-15(13-7-10-20(18,19)12-13)11-14(17)16-8-5-3-4-6-9-16/h13H,2-12H2,1H3. The highest BCUT2D eigenvalue weighted by molar-refractivity contribution is 7.91. The number of hydrogen-bond donors (Lipinski definition) is 0. The Kier molecular flexibility index (Phi) is 5.43. The van der Waals surface area contributed by atoms with Gasteiger partial charge >= 0.3 is 0 Å². The topological polar surface area (TPSA) is 57.7 Å². The fourth-order valence-corrected chi connectivity index (χ4v) is 4.92. The summed E-state index contributed by atoms with van der Waals surface area (Å²) in [7, 11) is -2.88. The summed E-state index contributed by atoms with van der Waals surface area (Å²) < 4.78 is 23.1. The van der Waals surface area contributed by atoms with Gasteiger partial charge in [0.05, 0.1) is 18.1 Å². The highest BCUT2D eigenvalue weighted by Gasteiger charge is 2.33. The second-order valence-electron chi connectivity index (χ2n) is 5.91. The molecule has 1 atom stereocenters. The number of carbonyl (C=O) groups excluding carboxylic acids is 1. The van der Waals surface area contributed by atoms with E-state index in [1.807, 2.05) is 16.7 Å². The smallest absolute Gasteiger partial charge is 0.236 e. The lowest BCUT2D eigenvalue weighted by Gasteiger charge is -2.29. The molecule has 2 aliphatic rings. The van der Waals surface area contributed by atoms with Gasteiger partial charge in [-0.15, -0.1) is 0 Å². The fraction of sp³-hybridized carbons (Fsp3) is 0.929. The van der Waals surface area contributed by atoms with Gasteiger partial charge in [0.2, 0.25) is 5.91 Å². The van der Waals surface area contributed by atoms with Crippen LogP contribution >= 0.6 is 0 Å². The van der Waals surface area contributed by atoms with Crippen molar-refractivity contribution >= 4 is 15.7 Å². The highest BCUT2D eigenvalue weighted by Crippen LogP contribution is 2.18. The van der Waals surface area contributed by atoms with Gasteiger partial charge in [-0.05, 0) is 25.8 Å². The molecule has 1 unspecified atom stereocenters. The summed E-state index contributed by atoms with van der Waals surface area (Å²) in [4.78, 5) is 16.4. The van der Waals surface area contributed by atoms with Gasteiger partial charge in [0.1, 0.15) is 0 Å². The van der Waals surface area contributed by atoms with E-state index in [1.165, 1.54) is 12.8 Å². The van der Waals surface area contributed by atoms with Crippen molar-refractivity contribution in [3.05, 3.63) is 0 Å². The minimum atomic E-state index is -2.88. The van der Waals surface area contributed by atoms with E-state index in [4.69, 9.17) is 0 Å². The lowest BCUT2D eigenvalue weighted by Crippen LogP contribution is -2.45. The van der Waals surface area contributed by atoms with Crippen molar-refractivity contribution in [1.29, 1.82) is 0 Å². The Labute approximate surface area is 122 Å². The molecule has 2 heterocycles. The SMILES string of the molecule is CCN(CC(=O)N1CCCCCC1)C1CCS(=O)(=O)C1. The summed E-state index contributed by atoms with van der Waals surface area (Å²) in [6.07, 6.45) is 5.28. The zero-order chi connectivity index (χ0) is 14.6. The van der Waals surface area contributed by atoms with Crippen LogP contribution in [0.5, 0.6) is 0 Å². The normalized spacial score (nSPS) is 26.7. The fourth-order valence-electron chi connectivity index (χ4n) is 3.16. The summed E-state index contributed by atoms with van der Waals surface area (Å²) in [5.74, 6) is 0.651. The van der Waals surface area contributed by atoms with E-state index in [9.17, 15) is 13.2 Å². The van der Waals surface area contributed by atoms with E-state index in [1.54, 1.807) is 0 Å². The van der Waals surface area contributed by atoms with Crippen molar-refractivity contribution in [1.82, 2.24) is 9.80 Å². The van der Waals surface area contributed by atoms with E-state index in [0.29, 0.717) is 13.0 Å². The van der Waals surface area contributed by atoms with E-state index >= 15 is 0 Å². The van der Waals surface area contributed by atoms with Crippen LogP contribution in [0.1, 0.15) is 39.0 Å². The van der Waals surface area contributed by atoms with Gasteiger partial charge in [-0.25, -0.2) is 8.42 Å². The average Bonchev–Trinajstić information content (AvgIpc) is 2.65. The van der Waals surface area contributed by atoms with Gasteiger partial charge in [0, 0.05) is 19.1 Å². The van der Waals surface area contributed by atoms with E-state index in [2.05, 4.69) is 0 Å². The van der Waals surface area contributed by atoms with E-state index in [-0.39, 0.29) is 23.5 Å². The van der Waals surface area contributed by atoms with Crippen LogP contribution in [0, 0.1) is 0 Å². The quantitative estimate of drug-likeness (QED) is 0.774. The van der Waals surface area contributed by atoms with Crippen molar-refractivity contribution in [3.63, 3.8) is 0 Å². The molecule has 2 rings (SSSR count). The molecule has 0 spiro atoms. The summed E-state index contributed by atoms with van der Waals surface area (Å²) >= 11 is 0. The van der Waals surface area contributed by atoms with Crippen molar-refractivity contribution < 1.29 is 13.2 Å². The molecule has 116 valence electrons. The Morgan fingerprint density at radius 1 is 1.20 bits per heavy atom. The van der Waals surface area contributed by atoms with Gasteiger partial charge in [-0.1, -0.05) is 19.8 Å². The predicted molar refractivity (Wildman–Crippen MR) is 79.4 cm³/mol. The zero-order valence-electron chi connectivity index (χ0n) is 12.4. The molecule has 1 amide bonds. The molecule has 20 heavy (non-hydrogen) atoms. The molecule has 6 heteroatoms. The first kappa shape index (κ1) is 15.8. The van der Waals surface area contributed by atoms with Crippen LogP contribution in [-0.4, -0.2) is 67.9 Å². The average molecular weight is 302 g/mol. The van der Waals surface area contributed by atoms with E-state index in [0.717, 1.165) is 32.5 Å². The summed E-state index contributed by atoms with van der Waals surface area (Å²) in [5.41, 5.74) is 0. The number of likely N-dealkylation sites (tertiary alicyclic amines) is 1. The van der Waals surface area contributed by atoms with Gasteiger partial charge in [0.25, 0.3) is 0 Å². The molecule has 5 nitrogen and oxygen atoms in total. The number of nitrogens with zero attached hydrogens (tertiary/aromatic N) is 2. The molecule has 0 bridgehead atoms. The maximum absolute atomic E-state index is 12.4. The molecular weight excluding hydrogens is 276 g/mol. The molecule has 0 radical (unpaired) electrons. The number of amides is 1. The minimum Gasteiger partial charge on any atom is -0.342 e. The first-order valence-electron chi connectivity index (χ1n) is 7.74. The third-order valence-electron chi connectivity index (χ3n) is 4.43. The van der Waals surface area contributed by atoms with Crippen LogP contribution in [0.3, 0.4) is 0 Å². The van der Waals surface area contributed by atoms with Crippen molar-refractivity contribution in [3.8, 4) is 0 Å². The Bertz CT molecular complexity index is 428. The Morgan fingerprint density at radius 2 is 1.85 bits per heavy atom. The minimum absolute atomic E-state index is 0.0286. The second kappa shape index (κ2) is 6.89. The van der Waals surface area contributed by atoms with Crippen LogP contribution < -0.4 is 0 Å².